The molecule has 0 aliphatic carbocycles. The van der Waals surface area contributed by atoms with Crippen molar-refractivity contribution < 1.29 is 4.79 Å². The molecule has 1 amide bonds. The van der Waals surface area contributed by atoms with E-state index in [4.69, 9.17) is 5.73 Å². The van der Waals surface area contributed by atoms with Gasteiger partial charge in [-0.3, -0.25) is 4.79 Å². The second-order valence-electron chi connectivity index (χ2n) is 5.50. The van der Waals surface area contributed by atoms with Crippen LogP contribution < -0.4 is 5.73 Å². The van der Waals surface area contributed by atoms with Gasteiger partial charge in [-0.25, -0.2) is 0 Å². The van der Waals surface area contributed by atoms with Gasteiger partial charge in [0, 0.05) is 32.0 Å². The highest BCUT2D eigenvalue weighted by molar-refractivity contribution is 5.78. The summed E-state index contributed by atoms with van der Waals surface area (Å²) in [6.07, 6.45) is 3.03. The van der Waals surface area contributed by atoms with Gasteiger partial charge in [0.2, 0.25) is 5.91 Å². The first kappa shape index (κ1) is 14.1. The Morgan fingerprint density at radius 3 is 2.74 bits per heavy atom. The second-order valence-corrected chi connectivity index (χ2v) is 5.50. The van der Waals surface area contributed by atoms with Gasteiger partial charge in [-0.15, -0.1) is 0 Å². The molecule has 0 aromatic heterocycles. The van der Waals surface area contributed by atoms with Crippen LogP contribution in [0.3, 0.4) is 0 Å². The van der Waals surface area contributed by atoms with E-state index in [0.29, 0.717) is 18.4 Å². The number of rotatable bonds is 6. The van der Waals surface area contributed by atoms with E-state index in [1.54, 1.807) is 0 Å². The average molecular weight is 260 g/mol. The zero-order valence-corrected chi connectivity index (χ0v) is 11.7. The Morgan fingerprint density at radius 1 is 1.37 bits per heavy atom. The van der Waals surface area contributed by atoms with Crippen LogP contribution >= 0.6 is 0 Å². The molecule has 1 fully saturated rings. The number of hydrogen-bond acceptors (Lipinski definition) is 2. The fraction of sp³-hybridized carbons (Fsp3) is 0.562. The summed E-state index contributed by atoms with van der Waals surface area (Å²) in [5.41, 5.74) is 7.12. The number of carbonyl (C=O) groups is 1. The lowest BCUT2D eigenvalue weighted by Gasteiger charge is -2.23. The highest BCUT2D eigenvalue weighted by atomic mass is 16.2. The highest BCUT2D eigenvalue weighted by Gasteiger charge is 2.30. The molecule has 1 heterocycles. The van der Waals surface area contributed by atoms with Gasteiger partial charge in [0.15, 0.2) is 0 Å². The number of carbonyl (C=O) groups excluding carboxylic acids is 1. The van der Waals surface area contributed by atoms with Gasteiger partial charge >= 0.3 is 0 Å². The van der Waals surface area contributed by atoms with Crippen LogP contribution in [-0.2, 0) is 4.79 Å². The third-order valence-electron chi connectivity index (χ3n) is 3.99. The van der Waals surface area contributed by atoms with Crippen molar-refractivity contribution in [1.29, 1.82) is 0 Å². The molecule has 1 aromatic rings. The molecule has 2 N–H and O–H groups in total. The molecule has 2 unspecified atom stereocenters. The Balaban J connectivity index is 1.98. The van der Waals surface area contributed by atoms with E-state index >= 15 is 0 Å². The number of hydrogen-bond donors (Lipinski definition) is 1. The summed E-state index contributed by atoms with van der Waals surface area (Å²) in [6.45, 7) is 4.45. The summed E-state index contributed by atoms with van der Waals surface area (Å²) in [4.78, 5) is 14.0. The van der Waals surface area contributed by atoms with E-state index < -0.39 is 0 Å². The van der Waals surface area contributed by atoms with Crippen molar-refractivity contribution in [2.24, 2.45) is 11.7 Å². The van der Waals surface area contributed by atoms with Gasteiger partial charge in [0.1, 0.15) is 0 Å². The lowest BCUT2D eigenvalue weighted by molar-refractivity contribution is -0.127. The van der Waals surface area contributed by atoms with E-state index in [-0.39, 0.29) is 5.92 Å². The van der Waals surface area contributed by atoms with Crippen molar-refractivity contribution in [2.45, 2.75) is 32.1 Å². The average Bonchev–Trinajstić information content (AvgIpc) is 2.77. The van der Waals surface area contributed by atoms with Crippen molar-refractivity contribution in [2.75, 3.05) is 19.6 Å². The lowest BCUT2D eigenvalue weighted by atomic mass is 9.98. The van der Waals surface area contributed by atoms with Crippen molar-refractivity contribution in [3.63, 3.8) is 0 Å². The number of nitrogens with two attached hydrogens (primary N) is 1. The Hall–Kier alpha value is -1.35. The predicted molar refractivity (Wildman–Crippen MR) is 77.8 cm³/mol. The van der Waals surface area contributed by atoms with Crippen molar-refractivity contribution >= 4 is 5.91 Å². The molecule has 3 nitrogen and oxygen atoms in total. The molecule has 1 saturated heterocycles. The minimum atomic E-state index is 0.255. The van der Waals surface area contributed by atoms with Crippen LogP contribution in [0, 0.1) is 5.92 Å². The Bertz CT molecular complexity index is 404. The maximum atomic E-state index is 12.0. The molecular formula is C16H24N2O. The van der Waals surface area contributed by atoms with E-state index in [2.05, 4.69) is 19.1 Å². The fourth-order valence-corrected chi connectivity index (χ4v) is 2.94. The number of likely N-dealkylation sites (tertiary alicyclic amines) is 1. The number of benzene rings is 1. The van der Waals surface area contributed by atoms with Crippen LogP contribution in [-0.4, -0.2) is 30.4 Å². The molecule has 1 aromatic carbocycles. The molecule has 1 aliphatic heterocycles. The molecule has 3 heteroatoms. The third kappa shape index (κ3) is 3.57. The summed E-state index contributed by atoms with van der Waals surface area (Å²) >= 11 is 0. The largest absolute Gasteiger partial charge is 0.342 e. The van der Waals surface area contributed by atoms with Crippen LogP contribution in [0.15, 0.2) is 30.3 Å². The molecule has 2 atom stereocenters. The smallest absolute Gasteiger partial charge is 0.222 e. The Kier molecular flexibility index (Phi) is 4.97. The van der Waals surface area contributed by atoms with E-state index in [0.717, 1.165) is 32.4 Å². The van der Waals surface area contributed by atoms with Crippen molar-refractivity contribution in [1.82, 2.24) is 4.90 Å². The van der Waals surface area contributed by atoms with Crippen LogP contribution in [0.4, 0.5) is 0 Å². The molecule has 2 rings (SSSR count). The van der Waals surface area contributed by atoms with Crippen LogP contribution in [0.25, 0.3) is 0 Å². The van der Waals surface area contributed by atoms with E-state index in [1.165, 1.54) is 5.56 Å². The molecular weight excluding hydrogens is 236 g/mol. The minimum Gasteiger partial charge on any atom is -0.342 e. The summed E-state index contributed by atoms with van der Waals surface area (Å²) in [7, 11) is 0. The van der Waals surface area contributed by atoms with E-state index in [1.807, 2.05) is 23.1 Å². The van der Waals surface area contributed by atoms with Gasteiger partial charge in [0.25, 0.3) is 0 Å². The standard InChI is InChI=1S/C16H24N2O/c1-2-6-13-9-16(19)18(11-13)12-15(10-17)14-7-4-3-5-8-14/h3-5,7-8,13,15H,2,6,9-12,17H2,1H3. The second kappa shape index (κ2) is 6.71. The monoisotopic (exact) mass is 260 g/mol. The zero-order valence-electron chi connectivity index (χ0n) is 11.7. The zero-order chi connectivity index (χ0) is 13.7. The molecule has 19 heavy (non-hydrogen) atoms. The molecule has 0 spiro atoms. The summed E-state index contributed by atoms with van der Waals surface area (Å²) in [5.74, 6) is 1.10. The minimum absolute atomic E-state index is 0.255. The normalized spacial score (nSPS) is 20.8. The maximum absolute atomic E-state index is 12.0. The van der Waals surface area contributed by atoms with Gasteiger partial charge in [-0.1, -0.05) is 43.7 Å². The summed E-state index contributed by atoms with van der Waals surface area (Å²) < 4.78 is 0. The van der Waals surface area contributed by atoms with E-state index in [9.17, 15) is 4.79 Å². The van der Waals surface area contributed by atoms with Gasteiger partial charge < -0.3 is 10.6 Å². The SMILES string of the molecule is CCCC1CC(=O)N(CC(CN)c2ccccc2)C1. The summed E-state index contributed by atoms with van der Waals surface area (Å²) in [5, 5.41) is 0. The molecule has 0 saturated carbocycles. The first-order valence-electron chi connectivity index (χ1n) is 7.27. The number of amides is 1. The number of nitrogens with zero attached hydrogens (tertiary/aromatic N) is 1. The maximum Gasteiger partial charge on any atom is 0.222 e. The third-order valence-corrected chi connectivity index (χ3v) is 3.99. The van der Waals surface area contributed by atoms with Crippen molar-refractivity contribution in [3.05, 3.63) is 35.9 Å². The Labute approximate surface area is 115 Å². The Morgan fingerprint density at radius 2 is 2.11 bits per heavy atom. The topological polar surface area (TPSA) is 46.3 Å². The molecule has 0 radical (unpaired) electrons. The molecule has 0 bridgehead atoms. The fourth-order valence-electron chi connectivity index (χ4n) is 2.94. The quantitative estimate of drug-likeness (QED) is 0.853. The molecule has 104 valence electrons. The van der Waals surface area contributed by atoms with Crippen LogP contribution in [0.1, 0.15) is 37.7 Å². The van der Waals surface area contributed by atoms with Crippen LogP contribution in [0.2, 0.25) is 0 Å². The predicted octanol–water partition coefficient (Wildman–Crippen LogP) is 2.38. The lowest BCUT2D eigenvalue weighted by Crippen LogP contribution is -2.33. The first-order chi connectivity index (χ1) is 9.24. The molecule has 1 aliphatic rings. The highest BCUT2D eigenvalue weighted by Crippen LogP contribution is 2.25. The first-order valence-corrected chi connectivity index (χ1v) is 7.27. The summed E-state index contributed by atoms with van der Waals surface area (Å²) in [6, 6.07) is 10.3. The van der Waals surface area contributed by atoms with Gasteiger partial charge in [-0.05, 0) is 17.9 Å². The van der Waals surface area contributed by atoms with Gasteiger partial charge in [-0.2, -0.15) is 0 Å². The van der Waals surface area contributed by atoms with Crippen LogP contribution in [0.5, 0.6) is 0 Å². The van der Waals surface area contributed by atoms with Crippen molar-refractivity contribution in [3.8, 4) is 0 Å². The van der Waals surface area contributed by atoms with Gasteiger partial charge in [0.05, 0.1) is 0 Å².